The van der Waals surface area contributed by atoms with Crippen molar-refractivity contribution in [1.82, 2.24) is 0 Å². The molecule has 0 saturated heterocycles. The highest BCUT2D eigenvalue weighted by molar-refractivity contribution is 6.00. The Labute approximate surface area is 305 Å². The lowest BCUT2D eigenvalue weighted by atomic mass is 9.94. The van der Waals surface area contributed by atoms with Crippen LogP contribution in [0.25, 0.3) is 43.8 Å². The molecule has 2 nitrogen and oxygen atoms in total. The van der Waals surface area contributed by atoms with E-state index in [-0.39, 0.29) is 0 Å². The van der Waals surface area contributed by atoms with Gasteiger partial charge in [-0.05, 0) is 123 Å². The van der Waals surface area contributed by atoms with Crippen molar-refractivity contribution in [3.63, 3.8) is 0 Å². The van der Waals surface area contributed by atoms with Crippen molar-refractivity contribution in [2.24, 2.45) is 0 Å². The van der Waals surface area contributed by atoms with Gasteiger partial charge in [-0.25, -0.2) is 0 Å². The Bertz CT molecular complexity index is 2570. The first-order valence-electron chi connectivity index (χ1n) is 17.8. The van der Waals surface area contributed by atoms with Crippen LogP contribution in [0.4, 0.5) is 34.1 Å². The molecule has 0 bridgehead atoms. The van der Waals surface area contributed by atoms with Crippen molar-refractivity contribution in [1.29, 1.82) is 0 Å². The smallest absolute Gasteiger partial charge is 0.0482 e. The fourth-order valence-electron chi connectivity index (χ4n) is 7.26. The predicted octanol–water partition coefficient (Wildman–Crippen LogP) is 14.3. The summed E-state index contributed by atoms with van der Waals surface area (Å²) < 4.78 is 0. The van der Waals surface area contributed by atoms with E-state index in [4.69, 9.17) is 0 Å². The van der Waals surface area contributed by atoms with E-state index in [1.54, 1.807) is 0 Å². The van der Waals surface area contributed by atoms with Crippen LogP contribution in [-0.4, -0.2) is 0 Å². The number of para-hydroxylation sites is 3. The van der Waals surface area contributed by atoms with Crippen LogP contribution in [0.1, 0.15) is 0 Å². The quantitative estimate of drug-likeness (QED) is 0.159. The van der Waals surface area contributed by atoms with Crippen molar-refractivity contribution in [3.05, 3.63) is 218 Å². The summed E-state index contributed by atoms with van der Waals surface area (Å²) in [6, 6.07) is 78.3. The van der Waals surface area contributed by atoms with Crippen LogP contribution in [0.3, 0.4) is 0 Å². The first-order chi connectivity index (χ1) is 25.8. The monoisotopic (exact) mass is 664 g/mol. The molecular formula is C50H36N2. The molecule has 9 aromatic rings. The molecule has 246 valence electrons. The molecular weight excluding hydrogens is 629 g/mol. The molecule has 0 heterocycles. The van der Waals surface area contributed by atoms with Crippen LogP contribution in [0.5, 0.6) is 0 Å². The van der Waals surface area contributed by atoms with Crippen LogP contribution >= 0.6 is 0 Å². The van der Waals surface area contributed by atoms with Gasteiger partial charge in [0.2, 0.25) is 0 Å². The average Bonchev–Trinajstić information content (AvgIpc) is 3.22. The average molecular weight is 665 g/mol. The molecule has 0 aliphatic heterocycles. The molecule has 0 aliphatic rings. The third-order valence-corrected chi connectivity index (χ3v) is 9.79. The van der Waals surface area contributed by atoms with E-state index in [0.717, 1.165) is 34.1 Å². The van der Waals surface area contributed by atoms with Crippen molar-refractivity contribution >= 4 is 55.7 Å². The van der Waals surface area contributed by atoms with Crippen molar-refractivity contribution < 1.29 is 0 Å². The minimum atomic E-state index is 1.08. The number of hydrogen-bond acceptors (Lipinski definition) is 2. The fraction of sp³-hybridized carbons (Fsp3) is 0. The van der Waals surface area contributed by atoms with Gasteiger partial charge < -0.3 is 9.80 Å². The Hall–Kier alpha value is -6.90. The number of hydrogen-bond donors (Lipinski definition) is 0. The maximum atomic E-state index is 2.34. The molecule has 0 unspecified atom stereocenters. The van der Waals surface area contributed by atoms with Gasteiger partial charge >= 0.3 is 0 Å². The van der Waals surface area contributed by atoms with Gasteiger partial charge in [0.15, 0.2) is 0 Å². The predicted molar refractivity (Wildman–Crippen MR) is 222 cm³/mol. The Kier molecular flexibility index (Phi) is 8.24. The Morgan fingerprint density at radius 2 is 0.654 bits per heavy atom. The van der Waals surface area contributed by atoms with Gasteiger partial charge in [0.25, 0.3) is 0 Å². The van der Waals surface area contributed by atoms with E-state index >= 15 is 0 Å². The number of rotatable bonds is 8. The highest BCUT2D eigenvalue weighted by Gasteiger charge is 2.17. The van der Waals surface area contributed by atoms with Crippen LogP contribution < -0.4 is 9.80 Å². The molecule has 0 aromatic heterocycles. The summed E-state index contributed by atoms with van der Waals surface area (Å²) in [5.41, 5.74) is 11.4. The second-order valence-electron chi connectivity index (χ2n) is 13.0. The molecule has 0 N–H and O–H groups in total. The first-order valence-corrected chi connectivity index (χ1v) is 17.8. The van der Waals surface area contributed by atoms with Gasteiger partial charge in [0.1, 0.15) is 0 Å². The van der Waals surface area contributed by atoms with Gasteiger partial charge in [-0.2, -0.15) is 0 Å². The summed E-state index contributed by atoms with van der Waals surface area (Å²) in [5, 5.41) is 4.99. The normalized spacial score (nSPS) is 11.1. The van der Waals surface area contributed by atoms with Gasteiger partial charge in [-0.1, -0.05) is 140 Å². The molecule has 0 fully saturated rings. The SMILES string of the molecule is c1ccc(N(c2ccccc2)c2cccc(N(c3ccccc3)c3ccc(-c4cccc5ccc(-c6ccc7ccccc7c6)cc45)cc3)c2)cc1. The Morgan fingerprint density at radius 1 is 0.231 bits per heavy atom. The third kappa shape index (κ3) is 6.08. The highest BCUT2D eigenvalue weighted by atomic mass is 15.2. The second kappa shape index (κ2) is 13.8. The van der Waals surface area contributed by atoms with E-state index in [1.165, 1.54) is 43.8 Å². The molecule has 0 amide bonds. The van der Waals surface area contributed by atoms with Gasteiger partial charge in [0, 0.05) is 34.1 Å². The molecule has 0 aliphatic carbocycles. The number of fused-ring (bicyclic) bond motifs is 2. The second-order valence-corrected chi connectivity index (χ2v) is 13.0. The lowest BCUT2D eigenvalue weighted by molar-refractivity contribution is 1.25. The first kappa shape index (κ1) is 31.1. The molecule has 9 aromatic carbocycles. The summed E-state index contributed by atoms with van der Waals surface area (Å²) in [5.74, 6) is 0. The zero-order valence-electron chi connectivity index (χ0n) is 28.7. The van der Waals surface area contributed by atoms with Crippen LogP contribution in [0, 0.1) is 0 Å². The number of anilines is 6. The maximum absolute atomic E-state index is 2.34. The maximum Gasteiger partial charge on any atom is 0.0482 e. The summed E-state index contributed by atoms with van der Waals surface area (Å²) >= 11 is 0. The van der Waals surface area contributed by atoms with E-state index in [9.17, 15) is 0 Å². The summed E-state index contributed by atoms with van der Waals surface area (Å²) in [6.45, 7) is 0. The van der Waals surface area contributed by atoms with Crippen LogP contribution in [0.2, 0.25) is 0 Å². The summed E-state index contributed by atoms with van der Waals surface area (Å²) in [4.78, 5) is 4.64. The van der Waals surface area contributed by atoms with E-state index < -0.39 is 0 Å². The Balaban J connectivity index is 1.11. The Morgan fingerprint density at radius 3 is 1.25 bits per heavy atom. The van der Waals surface area contributed by atoms with Crippen molar-refractivity contribution in [2.75, 3.05) is 9.80 Å². The molecule has 0 saturated carbocycles. The van der Waals surface area contributed by atoms with Crippen LogP contribution in [-0.2, 0) is 0 Å². The standard InChI is InChI=1S/C50H36N2/c1-4-17-43(18-5-1)51(44-19-6-2-7-20-44)47-23-13-24-48(36-47)52(45-21-8-3-9-22-45)46-32-30-39(31-33-46)49-25-12-16-38-27-29-42(35-50(38)49)41-28-26-37-14-10-11-15-40(37)34-41/h1-36H. The minimum Gasteiger partial charge on any atom is -0.310 e. The molecule has 52 heavy (non-hydrogen) atoms. The number of benzene rings is 9. The third-order valence-electron chi connectivity index (χ3n) is 9.79. The lowest BCUT2D eigenvalue weighted by Gasteiger charge is -2.29. The van der Waals surface area contributed by atoms with Crippen LogP contribution in [0.15, 0.2) is 218 Å². The summed E-state index contributed by atoms with van der Waals surface area (Å²) in [6.07, 6.45) is 0. The topological polar surface area (TPSA) is 6.48 Å². The largest absolute Gasteiger partial charge is 0.310 e. The van der Waals surface area contributed by atoms with Gasteiger partial charge in [0.05, 0.1) is 0 Å². The molecule has 0 radical (unpaired) electrons. The lowest BCUT2D eigenvalue weighted by Crippen LogP contribution is -2.13. The zero-order chi connectivity index (χ0) is 34.7. The zero-order valence-corrected chi connectivity index (χ0v) is 28.7. The van der Waals surface area contributed by atoms with Crippen molar-refractivity contribution in [2.45, 2.75) is 0 Å². The van der Waals surface area contributed by atoms with E-state index in [0.29, 0.717) is 0 Å². The summed E-state index contributed by atoms with van der Waals surface area (Å²) in [7, 11) is 0. The van der Waals surface area contributed by atoms with Gasteiger partial charge in [-0.15, -0.1) is 0 Å². The minimum absolute atomic E-state index is 1.08. The van der Waals surface area contributed by atoms with E-state index in [1.807, 2.05) is 0 Å². The molecule has 2 heteroatoms. The molecule has 0 atom stereocenters. The fourth-order valence-corrected chi connectivity index (χ4v) is 7.26. The molecule has 9 rings (SSSR count). The number of nitrogens with zero attached hydrogens (tertiary/aromatic N) is 2. The van der Waals surface area contributed by atoms with Gasteiger partial charge in [-0.3, -0.25) is 0 Å². The van der Waals surface area contributed by atoms with Crippen molar-refractivity contribution in [3.8, 4) is 22.3 Å². The molecule has 0 spiro atoms. The highest BCUT2D eigenvalue weighted by Crippen LogP contribution is 2.41. The van der Waals surface area contributed by atoms with E-state index in [2.05, 4.69) is 228 Å².